The van der Waals surface area contributed by atoms with Gasteiger partial charge in [-0.3, -0.25) is 4.98 Å². The summed E-state index contributed by atoms with van der Waals surface area (Å²) in [5, 5.41) is -0.484. The molecule has 144 valence electrons. The summed E-state index contributed by atoms with van der Waals surface area (Å²) < 4.78 is 37.8. The lowest BCUT2D eigenvalue weighted by Crippen LogP contribution is -2.13. The molecule has 0 N–H and O–H groups in total. The predicted molar refractivity (Wildman–Crippen MR) is 109 cm³/mol. The number of halogens is 1. The van der Waals surface area contributed by atoms with E-state index in [9.17, 15) is 12.8 Å². The fraction of sp³-hybridized carbons (Fsp3) is 0.182. The second kappa shape index (κ2) is 7.91. The standard InChI is InChI=1S/C22H19FN2O2S.H2/c1-15(2)28(26,27)20-10-8-18(9-11-20)22-14-24-16(3)21(25-22)12-7-17-5-4-6-19(23)13-17;/h4-6,8-11,13-15H,1-3H3;1H. The van der Waals surface area contributed by atoms with Gasteiger partial charge in [0.15, 0.2) is 9.84 Å². The Morgan fingerprint density at radius 2 is 1.79 bits per heavy atom. The van der Waals surface area contributed by atoms with Crippen LogP contribution in [0, 0.1) is 24.6 Å². The molecule has 0 amide bonds. The van der Waals surface area contributed by atoms with E-state index in [0.717, 1.165) is 5.56 Å². The van der Waals surface area contributed by atoms with Gasteiger partial charge in [-0.05, 0) is 57.0 Å². The second-order valence-corrected chi connectivity index (χ2v) is 9.07. The van der Waals surface area contributed by atoms with Gasteiger partial charge in [-0.25, -0.2) is 17.8 Å². The van der Waals surface area contributed by atoms with Crippen LogP contribution in [0.5, 0.6) is 0 Å². The van der Waals surface area contributed by atoms with Crippen molar-refractivity contribution < 1.29 is 14.2 Å². The summed E-state index contributed by atoms with van der Waals surface area (Å²) in [6, 6.07) is 12.6. The number of hydrogen-bond donors (Lipinski definition) is 0. The molecule has 2 aromatic carbocycles. The zero-order chi connectivity index (χ0) is 20.3. The van der Waals surface area contributed by atoms with E-state index >= 15 is 0 Å². The monoisotopic (exact) mass is 396 g/mol. The number of nitrogens with zero attached hydrogens (tertiary/aromatic N) is 2. The molecule has 0 saturated carbocycles. The largest absolute Gasteiger partial charge is 0.256 e. The summed E-state index contributed by atoms with van der Waals surface area (Å²) in [7, 11) is -3.32. The van der Waals surface area contributed by atoms with Crippen LogP contribution in [0.4, 0.5) is 4.39 Å². The maximum Gasteiger partial charge on any atom is 0.180 e. The van der Waals surface area contributed by atoms with Gasteiger partial charge in [0.1, 0.15) is 11.5 Å². The lowest BCUT2D eigenvalue weighted by atomic mass is 10.1. The van der Waals surface area contributed by atoms with Crippen molar-refractivity contribution in [3.63, 3.8) is 0 Å². The van der Waals surface area contributed by atoms with Crippen molar-refractivity contribution in [2.45, 2.75) is 30.9 Å². The van der Waals surface area contributed by atoms with Crippen molar-refractivity contribution in [2.75, 3.05) is 0 Å². The average molecular weight is 396 g/mol. The number of benzene rings is 2. The summed E-state index contributed by atoms with van der Waals surface area (Å²) in [4.78, 5) is 9.13. The Balaban J connectivity index is 0.00000300. The van der Waals surface area contributed by atoms with E-state index in [4.69, 9.17) is 0 Å². The van der Waals surface area contributed by atoms with E-state index in [1.807, 2.05) is 0 Å². The Kier molecular flexibility index (Phi) is 5.57. The molecule has 3 aromatic rings. The molecule has 0 aliphatic rings. The molecule has 0 aliphatic carbocycles. The molecule has 28 heavy (non-hydrogen) atoms. The Morgan fingerprint density at radius 3 is 2.43 bits per heavy atom. The van der Waals surface area contributed by atoms with Crippen molar-refractivity contribution in [2.24, 2.45) is 0 Å². The first-order valence-electron chi connectivity index (χ1n) is 8.73. The Labute approximate surface area is 165 Å². The minimum atomic E-state index is -3.32. The molecule has 0 radical (unpaired) electrons. The van der Waals surface area contributed by atoms with Crippen molar-refractivity contribution >= 4 is 9.84 Å². The van der Waals surface area contributed by atoms with Gasteiger partial charge >= 0.3 is 0 Å². The summed E-state index contributed by atoms with van der Waals surface area (Å²) in [6.45, 7) is 5.10. The lowest BCUT2D eigenvalue weighted by molar-refractivity contribution is 0.587. The number of aromatic nitrogens is 2. The zero-order valence-electron chi connectivity index (χ0n) is 15.8. The Hall–Kier alpha value is -3.04. The Bertz CT molecular complexity index is 1180. The minimum absolute atomic E-state index is 0. The van der Waals surface area contributed by atoms with Crippen LogP contribution in [0.2, 0.25) is 0 Å². The van der Waals surface area contributed by atoms with E-state index in [1.165, 1.54) is 12.1 Å². The van der Waals surface area contributed by atoms with Gasteiger partial charge in [0, 0.05) is 12.6 Å². The SMILES string of the molecule is Cc1ncc(-c2ccc(S(=O)(=O)C(C)C)cc2)nc1C#Cc1cccc(F)c1.[HH]. The first kappa shape index (κ1) is 19.7. The molecule has 0 saturated heterocycles. The van der Waals surface area contributed by atoms with Crippen LogP contribution in [-0.4, -0.2) is 23.6 Å². The molecule has 0 aliphatic heterocycles. The van der Waals surface area contributed by atoms with Crippen molar-refractivity contribution in [3.8, 4) is 23.1 Å². The second-order valence-electron chi connectivity index (χ2n) is 6.57. The molecule has 4 nitrogen and oxygen atoms in total. The van der Waals surface area contributed by atoms with Crippen LogP contribution in [0.25, 0.3) is 11.3 Å². The Morgan fingerprint density at radius 1 is 1.07 bits per heavy atom. The van der Waals surface area contributed by atoms with Crippen LogP contribution in [0.1, 0.15) is 32.2 Å². The van der Waals surface area contributed by atoms with Crippen LogP contribution < -0.4 is 0 Å². The molecule has 1 aromatic heterocycles. The first-order valence-corrected chi connectivity index (χ1v) is 10.3. The quantitative estimate of drug-likeness (QED) is 0.615. The highest BCUT2D eigenvalue weighted by molar-refractivity contribution is 7.92. The normalized spacial score (nSPS) is 11.2. The molecule has 0 bridgehead atoms. The van der Waals surface area contributed by atoms with Gasteiger partial charge in [0.2, 0.25) is 0 Å². The molecule has 6 heteroatoms. The maximum absolute atomic E-state index is 13.3. The van der Waals surface area contributed by atoms with Gasteiger partial charge in [-0.15, -0.1) is 0 Å². The average Bonchev–Trinajstić information content (AvgIpc) is 2.67. The highest BCUT2D eigenvalue weighted by atomic mass is 32.2. The van der Waals surface area contributed by atoms with Crippen molar-refractivity contribution in [3.05, 3.63) is 77.5 Å². The summed E-state index contributed by atoms with van der Waals surface area (Å²) in [6.07, 6.45) is 1.62. The first-order chi connectivity index (χ1) is 13.3. The van der Waals surface area contributed by atoms with Gasteiger partial charge in [-0.2, -0.15) is 0 Å². The minimum Gasteiger partial charge on any atom is -0.256 e. The van der Waals surface area contributed by atoms with E-state index in [0.29, 0.717) is 22.6 Å². The van der Waals surface area contributed by atoms with Gasteiger partial charge in [0.05, 0.1) is 27.7 Å². The molecule has 0 atom stereocenters. The van der Waals surface area contributed by atoms with Gasteiger partial charge in [0.25, 0.3) is 0 Å². The van der Waals surface area contributed by atoms with E-state index in [1.54, 1.807) is 63.4 Å². The van der Waals surface area contributed by atoms with Crippen LogP contribution in [0.3, 0.4) is 0 Å². The third kappa shape index (κ3) is 4.26. The maximum atomic E-state index is 13.3. The molecule has 1 heterocycles. The third-order valence-corrected chi connectivity index (χ3v) is 6.37. The number of hydrogen-bond acceptors (Lipinski definition) is 4. The summed E-state index contributed by atoms with van der Waals surface area (Å²) in [5.74, 6) is 5.47. The smallest absolute Gasteiger partial charge is 0.180 e. The van der Waals surface area contributed by atoms with Gasteiger partial charge in [-0.1, -0.05) is 24.1 Å². The zero-order valence-corrected chi connectivity index (χ0v) is 16.6. The van der Waals surface area contributed by atoms with E-state index in [-0.39, 0.29) is 12.1 Å². The van der Waals surface area contributed by atoms with E-state index in [2.05, 4.69) is 21.8 Å². The summed E-state index contributed by atoms with van der Waals surface area (Å²) in [5.41, 5.74) is 3.02. The molecular formula is C22H21FN2O2S. The predicted octanol–water partition coefficient (Wildman–Crippen LogP) is 4.42. The topological polar surface area (TPSA) is 59.9 Å². The number of rotatable bonds is 3. The van der Waals surface area contributed by atoms with E-state index < -0.39 is 15.1 Å². The van der Waals surface area contributed by atoms with Gasteiger partial charge < -0.3 is 0 Å². The molecule has 0 unspecified atom stereocenters. The number of sulfone groups is 1. The summed E-state index contributed by atoms with van der Waals surface area (Å²) >= 11 is 0. The number of aryl methyl sites for hydroxylation is 1. The fourth-order valence-electron chi connectivity index (χ4n) is 2.49. The van der Waals surface area contributed by atoms with Crippen LogP contribution in [0.15, 0.2) is 59.6 Å². The fourth-order valence-corrected chi connectivity index (χ4v) is 3.55. The molecule has 0 fully saturated rings. The van der Waals surface area contributed by atoms with Crippen LogP contribution in [-0.2, 0) is 9.84 Å². The highest BCUT2D eigenvalue weighted by Gasteiger charge is 2.19. The van der Waals surface area contributed by atoms with Crippen molar-refractivity contribution in [1.29, 1.82) is 0 Å². The third-order valence-electron chi connectivity index (χ3n) is 4.20. The lowest BCUT2D eigenvalue weighted by Gasteiger charge is -2.09. The van der Waals surface area contributed by atoms with Crippen molar-refractivity contribution in [1.82, 2.24) is 9.97 Å². The molecule has 0 spiro atoms. The molecule has 3 rings (SSSR count). The van der Waals surface area contributed by atoms with Crippen LogP contribution >= 0.6 is 0 Å². The molecular weight excluding hydrogens is 375 g/mol. The highest BCUT2D eigenvalue weighted by Crippen LogP contribution is 2.22.